The minimum Gasteiger partial charge on any atom is -0.437 e. The van der Waals surface area contributed by atoms with Gasteiger partial charge in [0.2, 0.25) is 5.88 Å². The molecule has 0 fully saturated rings. The smallest absolute Gasteiger partial charge is 0.247 e. The molecule has 3 rings (SSSR count). The summed E-state index contributed by atoms with van der Waals surface area (Å²) in [6.45, 7) is 4.43. The highest BCUT2D eigenvalue weighted by atomic mass is 35.5. The van der Waals surface area contributed by atoms with E-state index >= 15 is 0 Å². The van der Waals surface area contributed by atoms with Crippen molar-refractivity contribution in [2.45, 2.75) is 6.54 Å². The summed E-state index contributed by atoms with van der Waals surface area (Å²) in [5.41, 5.74) is 7.79. The zero-order valence-electron chi connectivity index (χ0n) is 10.6. The lowest BCUT2D eigenvalue weighted by atomic mass is 10.3. The van der Waals surface area contributed by atoms with E-state index in [2.05, 4.69) is 16.9 Å². The van der Waals surface area contributed by atoms with Crippen LogP contribution in [0, 0.1) is 6.92 Å². The molecule has 1 radical (unpaired) electrons. The topological polar surface area (TPSA) is 66.0 Å². The average molecular weight is 288 g/mol. The summed E-state index contributed by atoms with van der Waals surface area (Å²) in [6.07, 6.45) is 3.36. The summed E-state index contributed by atoms with van der Waals surface area (Å²) in [4.78, 5) is 8.38. The monoisotopic (exact) mass is 287 g/mol. The maximum atomic E-state index is 5.98. The van der Waals surface area contributed by atoms with Crippen LogP contribution in [0.15, 0.2) is 36.8 Å². The summed E-state index contributed by atoms with van der Waals surface area (Å²) in [7, 11) is 0. The second-order valence-electron chi connectivity index (χ2n) is 4.21. The van der Waals surface area contributed by atoms with Gasteiger partial charge in [0, 0.05) is 18.8 Å². The van der Waals surface area contributed by atoms with E-state index in [1.54, 1.807) is 18.2 Å². The Morgan fingerprint density at radius 2 is 2.15 bits per heavy atom. The number of nitrogens with zero attached hydrogens (tertiary/aromatic N) is 3. The molecule has 0 unspecified atom stereocenters. The third-order valence-electron chi connectivity index (χ3n) is 2.94. The van der Waals surface area contributed by atoms with Crippen LogP contribution in [0.3, 0.4) is 0 Å². The van der Waals surface area contributed by atoms with Crippen molar-refractivity contribution in [2.75, 3.05) is 5.73 Å². The Kier molecular flexibility index (Phi) is 3.20. The van der Waals surface area contributed by atoms with E-state index in [4.69, 9.17) is 22.1 Å². The summed E-state index contributed by atoms with van der Waals surface area (Å²) in [6, 6.07) is 6.98. The highest BCUT2D eigenvalue weighted by Gasteiger charge is 2.11. The van der Waals surface area contributed by atoms with Crippen LogP contribution < -0.4 is 10.5 Å². The van der Waals surface area contributed by atoms with Gasteiger partial charge in [-0.05, 0) is 25.1 Å². The molecule has 0 aliphatic heterocycles. The fraction of sp³-hybridized carbons (Fsp3) is 0.0714. The van der Waals surface area contributed by atoms with E-state index in [0.29, 0.717) is 28.9 Å². The van der Waals surface area contributed by atoms with Crippen LogP contribution in [0.5, 0.6) is 11.6 Å². The van der Waals surface area contributed by atoms with Gasteiger partial charge in [0.15, 0.2) is 0 Å². The predicted molar refractivity (Wildman–Crippen MR) is 78.8 cm³/mol. The number of ether oxygens (including phenoxy) is 1. The van der Waals surface area contributed by atoms with Crippen molar-refractivity contribution in [3.05, 3.63) is 48.7 Å². The maximum absolute atomic E-state index is 5.98. The lowest BCUT2D eigenvalue weighted by Gasteiger charge is -2.09. The van der Waals surface area contributed by atoms with Gasteiger partial charge >= 0.3 is 0 Å². The van der Waals surface area contributed by atoms with Gasteiger partial charge in [-0.2, -0.15) is 4.98 Å². The van der Waals surface area contributed by atoms with Gasteiger partial charge in [0.1, 0.15) is 17.6 Å². The van der Waals surface area contributed by atoms with Crippen LogP contribution in [-0.4, -0.2) is 14.5 Å². The summed E-state index contributed by atoms with van der Waals surface area (Å²) < 4.78 is 7.71. The molecule has 0 amide bonds. The van der Waals surface area contributed by atoms with Crippen molar-refractivity contribution >= 4 is 28.3 Å². The first-order valence-electron chi connectivity index (χ1n) is 6.01. The number of aromatic nitrogens is 3. The Labute approximate surface area is 121 Å². The second-order valence-corrected chi connectivity index (χ2v) is 4.61. The van der Waals surface area contributed by atoms with Crippen LogP contribution in [0.2, 0.25) is 5.02 Å². The summed E-state index contributed by atoms with van der Waals surface area (Å²) in [5, 5.41) is 0.445. The van der Waals surface area contributed by atoms with E-state index in [0.717, 1.165) is 11.0 Å². The first kappa shape index (κ1) is 12.7. The molecular weight excluding hydrogens is 276 g/mol. The molecule has 0 aliphatic rings. The number of rotatable bonds is 3. The van der Waals surface area contributed by atoms with E-state index in [1.807, 2.05) is 16.8 Å². The molecular formula is C14H12ClN4O. The highest BCUT2D eigenvalue weighted by Crippen LogP contribution is 2.30. The third kappa shape index (κ3) is 2.16. The predicted octanol–water partition coefficient (Wildman–Crippen LogP) is 3.29. The normalized spacial score (nSPS) is 10.9. The number of halogens is 1. The Balaban J connectivity index is 2.05. The summed E-state index contributed by atoms with van der Waals surface area (Å²) in [5.74, 6) is 1.03. The van der Waals surface area contributed by atoms with Crippen LogP contribution >= 0.6 is 11.6 Å². The minimum absolute atomic E-state index is 0.445. The number of anilines is 1. The molecule has 0 aliphatic carbocycles. The van der Waals surface area contributed by atoms with Crippen molar-refractivity contribution in [3.8, 4) is 11.6 Å². The summed E-state index contributed by atoms with van der Waals surface area (Å²) >= 11 is 5.98. The molecule has 0 bridgehead atoms. The van der Waals surface area contributed by atoms with Gasteiger partial charge in [0.05, 0.1) is 16.2 Å². The van der Waals surface area contributed by atoms with Gasteiger partial charge in [-0.25, -0.2) is 4.98 Å². The zero-order chi connectivity index (χ0) is 14.1. The van der Waals surface area contributed by atoms with Gasteiger partial charge in [-0.3, -0.25) is 0 Å². The molecule has 6 heteroatoms. The standard InChI is InChI=1S/C14H12ClN4O/c1-2-19-6-5-12-13(19)14(18-8-17-12)20-9-3-4-11(16)10(15)7-9/h3-8H,1-2,16H2. The average Bonchev–Trinajstić information content (AvgIpc) is 2.87. The fourth-order valence-electron chi connectivity index (χ4n) is 1.95. The van der Waals surface area contributed by atoms with Gasteiger partial charge in [-0.15, -0.1) is 0 Å². The number of nitrogens with two attached hydrogens (primary N) is 1. The first-order valence-corrected chi connectivity index (χ1v) is 6.39. The molecule has 101 valence electrons. The molecule has 2 heterocycles. The molecule has 0 spiro atoms. The quantitative estimate of drug-likeness (QED) is 0.751. The van der Waals surface area contributed by atoms with Crippen molar-refractivity contribution in [2.24, 2.45) is 0 Å². The van der Waals surface area contributed by atoms with Crippen molar-refractivity contribution in [1.29, 1.82) is 0 Å². The second kappa shape index (κ2) is 5.02. The fourth-order valence-corrected chi connectivity index (χ4v) is 2.12. The molecule has 0 atom stereocenters. The zero-order valence-corrected chi connectivity index (χ0v) is 11.3. The Hall–Kier alpha value is -2.27. The highest BCUT2D eigenvalue weighted by molar-refractivity contribution is 6.33. The number of nitrogen functional groups attached to an aromatic ring is 1. The van der Waals surface area contributed by atoms with E-state index in [1.165, 1.54) is 6.33 Å². The van der Waals surface area contributed by atoms with Gasteiger partial charge in [0.25, 0.3) is 0 Å². The SMILES string of the molecule is [CH2]Cn1ccc2ncnc(Oc3ccc(N)c(Cl)c3)c21. The largest absolute Gasteiger partial charge is 0.437 e. The molecule has 2 aromatic heterocycles. The molecule has 0 saturated heterocycles. The maximum Gasteiger partial charge on any atom is 0.247 e. The molecule has 20 heavy (non-hydrogen) atoms. The number of benzene rings is 1. The third-order valence-corrected chi connectivity index (χ3v) is 3.27. The molecule has 1 aromatic carbocycles. The first-order chi connectivity index (χ1) is 9.69. The molecule has 0 saturated carbocycles. The lowest BCUT2D eigenvalue weighted by Crippen LogP contribution is -1.97. The Bertz CT molecular complexity index is 769. The van der Waals surface area contributed by atoms with Crippen LogP contribution in [-0.2, 0) is 6.54 Å². The minimum atomic E-state index is 0.445. The van der Waals surface area contributed by atoms with Crippen LogP contribution in [0.25, 0.3) is 11.0 Å². The molecule has 2 N–H and O–H groups in total. The van der Waals surface area contributed by atoms with E-state index in [-0.39, 0.29) is 0 Å². The molecule has 3 aromatic rings. The van der Waals surface area contributed by atoms with E-state index < -0.39 is 0 Å². The van der Waals surface area contributed by atoms with Gasteiger partial charge < -0.3 is 15.0 Å². The Morgan fingerprint density at radius 3 is 2.90 bits per heavy atom. The number of hydrogen-bond acceptors (Lipinski definition) is 4. The van der Waals surface area contributed by atoms with Crippen LogP contribution in [0.1, 0.15) is 0 Å². The van der Waals surface area contributed by atoms with Crippen molar-refractivity contribution < 1.29 is 4.74 Å². The number of hydrogen-bond donors (Lipinski definition) is 1. The van der Waals surface area contributed by atoms with E-state index in [9.17, 15) is 0 Å². The molecule has 5 nitrogen and oxygen atoms in total. The Morgan fingerprint density at radius 1 is 1.30 bits per heavy atom. The lowest BCUT2D eigenvalue weighted by molar-refractivity contribution is 0.465. The number of fused-ring (bicyclic) bond motifs is 1. The van der Waals surface area contributed by atoms with Crippen LogP contribution in [0.4, 0.5) is 5.69 Å². The van der Waals surface area contributed by atoms with Crippen molar-refractivity contribution in [3.63, 3.8) is 0 Å². The van der Waals surface area contributed by atoms with Gasteiger partial charge in [-0.1, -0.05) is 11.6 Å². The van der Waals surface area contributed by atoms with Crippen molar-refractivity contribution in [1.82, 2.24) is 14.5 Å².